The molecule has 0 aliphatic carbocycles. The summed E-state index contributed by atoms with van der Waals surface area (Å²) in [5, 5.41) is -0.0833. The van der Waals surface area contributed by atoms with Gasteiger partial charge in [0.15, 0.2) is 0 Å². The number of alkyl halides is 1. The number of aromatic nitrogens is 1. The van der Waals surface area contributed by atoms with Crippen molar-refractivity contribution in [3.63, 3.8) is 0 Å². The lowest BCUT2D eigenvalue weighted by Crippen LogP contribution is -2.26. The topological polar surface area (TPSA) is 33.2 Å². The lowest BCUT2D eigenvalue weighted by Gasteiger charge is -2.17. The summed E-state index contributed by atoms with van der Waals surface area (Å²) < 4.78 is 0. The van der Waals surface area contributed by atoms with Gasteiger partial charge in [-0.15, -0.1) is 11.6 Å². The number of halogens is 1. The van der Waals surface area contributed by atoms with Gasteiger partial charge in [-0.05, 0) is 25.0 Å². The number of carbonyl (C=O) groups excluding carboxylic acids is 1. The molecule has 0 bridgehead atoms. The second-order valence-electron chi connectivity index (χ2n) is 3.96. The van der Waals surface area contributed by atoms with E-state index in [2.05, 4.69) is 4.98 Å². The van der Waals surface area contributed by atoms with E-state index < -0.39 is 0 Å². The van der Waals surface area contributed by atoms with Crippen molar-refractivity contribution in [2.75, 3.05) is 11.4 Å². The van der Waals surface area contributed by atoms with Crippen LogP contribution in [0, 0.1) is 13.8 Å². The Hall–Kier alpha value is -1.09. The second-order valence-corrected chi connectivity index (χ2v) is 4.58. The van der Waals surface area contributed by atoms with E-state index in [4.69, 9.17) is 11.6 Å². The highest BCUT2D eigenvalue weighted by Gasteiger charge is 2.30. The van der Waals surface area contributed by atoms with E-state index in [0.29, 0.717) is 13.0 Å². The molecule has 1 unspecified atom stereocenters. The van der Waals surface area contributed by atoms with E-state index in [0.717, 1.165) is 16.9 Å². The summed E-state index contributed by atoms with van der Waals surface area (Å²) >= 11 is 5.95. The van der Waals surface area contributed by atoms with E-state index in [9.17, 15) is 4.79 Å². The van der Waals surface area contributed by atoms with E-state index >= 15 is 0 Å². The molecule has 0 saturated carbocycles. The fourth-order valence-electron chi connectivity index (χ4n) is 1.86. The molecule has 1 aliphatic rings. The third-order valence-corrected chi connectivity index (χ3v) is 2.81. The zero-order chi connectivity index (χ0) is 11.0. The summed E-state index contributed by atoms with van der Waals surface area (Å²) in [7, 11) is 0. The molecule has 1 atom stereocenters. The van der Waals surface area contributed by atoms with Gasteiger partial charge in [0.2, 0.25) is 5.91 Å². The van der Waals surface area contributed by atoms with Gasteiger partial charge in [0.1, 0.15) is 5.82 Å². The SMILES string of the molecule is Cc1cnc(N2CC(Cl)CC2=O)c(C)c1. The standard InChI is InChI=1S/C11H13ClN2O/c1-7-3-8(2)11(13-5-7)14-6-9(12)4-10(14)15/h3,5,9H,4,6H2,1-2H3. The van der Waals surface area contributed by atoms with Crippen LogP contribution in [0.4, 0.5) is 5.82 Å². The van der Waals surface area contributed by atoms with Crippen molar-refractivity contribution in [2.24, 2.45) is 0 Å². The first-order valence-electron chi connectivity index (χ1n) is 4.95. The maximum atomic E-state index is 11.6. The van der Waals surface area contributed by atoms with Crippen molar-refractivity contribution in [1.82, 2.24) is 4.98 Å². The largest absolute Gasteiger partial charge is 0.295 e. The highest BCUT2D eigenvalue weighted by molar-refractivity contribution is 6.24. The van der Waals surface area contributed by atoms with Gasteiger partial charge < -0.3 is 0 Å². The maximum absolute atomic E-state index is 11.6. The first kappa shape index (κ1) is 10.4. The molecule has 80 valence electrons. The number of pyridine rings is 1. The van der Waals surface area contributed by atoms with E-state index in [1.807, 2.05) is 19.9 Å². The van der Waals surface area contributed by atoms with Crippen molar-refractivity contribution in [2.45, 2.75) is 25.6 Å². The average Bonchev–Trinajstić information content (AvgIpc) is 2.45. The van der Waals surface area contributed by atoms with Crippen LogP contribution in [0.5, 0.6) is 0 Å². The van der Waals surface area contributed by atoms with Crippen LogP contribution in [0.1, 0.15) is 17.5 Å². The number of hydrogen-bond acceptors (Lipinski definition) is 2. The minimum atomic E-state index is -0.0833. The van der Waals surface area contributed by atoms with E-state index in [-0.39, 0.29) is 11.3 Å². The minimum absolute atomic E-state index is 0.0643. The predicted octanol–water partition coefficient (Wildman–Crippen LogP) is 2.04. The number of aryl methyl sites for hydroxylation is 2. The van der Waals surface area contributed by atoms with Crippen LogP contribution in [0.3, 0.4) is 0 Å². The average molecular weight is 225 g/mol. The molecular formula is C11H13ClN2O. The van der Waals surface area contributed by atoms with E-state index in [1.165, 1.54) is 0 Å². The monoisotopic (exact) mass is 224 g/mol. The Morgan fingerprint density at radius 2 is 2.27 bits per heavy atom. The molecule has 0 aromatic carbocycles. The highest BCUT2D eigenvalue weighted by Crippen LogP contribution is 2.25. The minimum Gasteiger partial charge on any atom is -0.295 e. The second kappa shape index (κ2) is 3.81. The number of carbonyl (C=O) groups is 1. The van der Waals surface area contributed by atoms with Gasteiger partial charge in [-0.1, -0.05) is 6.07 Å². The van der Waals surface area contributed by atoms with Gasteiger partial charge >= 0.3 is 0 Å². The predicted molar refractivity (Wildman–Crippen MR) is 60.3 cm³/mol. The summed E-state index contributed by atoms with van der Waals surface area (Å²) in [4.78, 5) is 17.6. The summed E-state index contributed by atoms with van der Waals surface area (Å²) in [5.41, 5.74) is 2.12. The van der Waals surface area contributed by atoms with Crippen LogP contribution in [0.25, 0.3) is 0 Å². The summed E-state index contributed by atoms with van der Waals surface area (Å²) in [6.45, 7) is 4.52. The quantitative estimate of drug-likeness (QED) is 0.684. The molecule has 4 heteroatoms. The molecule has 0 N–H and O–H groups in total. The van der Waals surface area contributed by atoms with Crippen LogP contribution < -0.4 is 4.90 Å². The Balaban J connectivity index is 2.34. The number of anilines is 1. The highest BCUT2D eigenvalue weighted by atomic mass is 35.5. The maximum Gasteiger partial charge on any atom is 0.229 e. The molecule has 1 amide bonds. The number of rotatable bonds is 1. The lowest BCUT2D eigenvalue weighted by molar-refractivity contribution is -0.117. The number of nitrogens with zero attached hydrogens (tertiary/aromatic N) is 2. The van der Waals surface area contributed by atoms with Crippen molar-refractivity contribution in [3.05, 3.63) is 23.4 Å². The zero-order valence-corrected chi connectivity index (χ0v) is 9.58. The van der Waals surface area contributed by atoms with Crippen LogP contribution >= 0.6 is 11.6 Å². The van der Waals surface area contributed by atoms with Crippen LogP contribution in [0.2, 0.25) is 0 Å². The Morgan fingerprint density at radius 3 is 2.80 bits per heavy atom. The number of amides is 1. The lowest BCUT2D eigenvalue weighted by atomic mass is 10.2. The Kier molecular flexibility index (Phi) is 2.65. The van der Waals surface area contributed by atoms with Crippen molar-refractivity contribution >= 4 is 23.3 Å². The summed E-state index contributed by atoms with van der Waals surface area (Å²) in [6, 6.07) is 2.02. The molecule has 1 aromatic heterocycles. The van der Waals surface area contributed by atoms with Crippen LogP contribution in [-0.4, -0.2) is 22.8 Å². The third-order valence-electron chi connectivity index (χ3n) is 2.52. The van der Waals surface area contributed by atoms with Gasteiger partial charge in [0.05, 0.1) is 5.38 Å². The molecule has 0 radical (unpaired) electrons. The summed E-state index contributed by atoms with van der Waals surface area (Å²) in [5.74, 6) is 0.809. The van der Waals surface area contributed by atoms with Crippen molar-refractivity contribution < 1.29 is 4.79 Å². The first-order chi connectivity index (χ1) is 7.08. The number of hydrogen-bond donors (Lipinski definition) is 0. The molecule has 15 heavy (non-hydrogen) atoms. The van der Waals surface area contributed by atoms with E-state index in [1.54, 1.807) is 11.1 Å². The zero-order valence-electron chi connectivity index (χ0n) is 8.83. The molecule has 2 heterocycles. The fraction of sp³-hybridized carbons (Fsp3) is 0.455. The molecule has 1 aliphatic heterocycles. The third kappa shape index (κ3) is 1.97. The molecular weight excluding hydrogens is 212 g/mol. The van der Waals surface area contributed by atoms with Crippen molar-refractivity contribution in [1.29, 1.82) is 0 Å². The van der Waals surface area contributed by atoms with Gasteiger partial charge in [0, 0.05) is 19.2 Å². The van der Waals surface area contributed by atoms with Gasteiger partial charge in [-0.2, -0.15) is 0 Å². The summed E-state index contributed by atoms with van der Waals surface area (Å²) in [6.07, 6.45) is 2.19. The van der Waals surface area contributed by atoms with Gasteiger partial charge in [0.25, 0.3) is 0 Å². The fourth-order valence-corrected chi connectivity index (χ4v) is 2.13. The Morgan fingerprint density at radius 1 is 1.53 bits per heavy atom. The van der Waals surface area contributed by atoms with Gasteiger partial charge in [-0.3, -0.25) is 9.69 Å². The normalized spacial score (nSPS) is 21.1. The van der Waals surface area contributed by atoms with Gasteiger partial charge in [-0.25, -0.2) is 4.98 Å². The Labute approximate surface area is 94.1 Å². The molecule has 0 spiro atoms. The molecule has 1 aromatic rings. The molecule has 1 saturated heterocycles. The molecule has 1 fully saturated rings. The molecule has 2 rings (SSSR count). The van der Waals surface area contributed by atoms with Crippen LogP contribution in [-0.2, 0) is 4.79 Å². The Bertz CT molecular complexity index is 406. The van der Waals surface area contributed by atoms with Crippen LogP contribution in [0.15, 0.2) is 12.3 Å². The molecule has 3 nitrogen and oxygen atoms in total. The smallest absolute Gasteiger partial charge is 0.229 e. The first-order valence-corrected chi connectivity index (χ1v) is 5.39. The van der Waals surface area contributed by atoms with Crippen molar-refractivity contribution in [3.8, 4) is 0 Å².